The van der Waals surface area contributed by atoms with Gasteiger partial charge < -0.3 is 9.73 Å². The maximum absolute atomic E-state index is 12.2. The van der Waals surface area contributed by atoms with Gasteiger partial charge in [-0.25, -0.2) is 9.97 Å². The van der Waals surface area contributed by atoms with Gasteiger partial charge in [0.1, 0.15) is 5.52 Å². The monoisotopic (exact) mass is 387 g/mol. The highest BCUT2D eigenvalue weighted by atomic mass is 32.2. The van der Waals surface area contributed by atoms with E-state index in [1.165, 1.54) is 23.1 Å². The van der Waals surface area contributed by atoms with E-state index in [9.17, 15) is 9.59 Å². The van der Waals surface area contributed by atoms with Crippen molar-refractivity contribution in [2.75, 3.05) is 11.1 Å². The molecule has 8 heteroatoms. The molecule has 134 valence electrons. The summed E-state index contributed by atoms with van der Waals surface area (Å²) in [6.07, 6.45) is 1.27. The average molecular weight is 387 g/mol. The van der Waals surface area contributed by atoms with Crippen LogP contribution in [0.2, 0.25) is 0 Å². The van der Waals surface area contributed by atoms with Crippen molar-refractivity contribution in [2.45, 2.75) is 31.9 Å². The average Bonchev–Trinajstić information content (AvgIpc) is 3.15. The van der Waals surface area contributed by atoms with E-state index in [0.717, 1.165) is 17.6 Å². The number of carbonyl (C=O) groups is 2. The van der Waals surface area contributed by atoms with E-state index in [1.807, 2.05) is 24.3 Å². The van der Waals surface area contributed by atoms with E-state index in [1.54, 1.807) is 0 Å². The molecule has 1 aliphatic rings. The third-order valence-corrected chi connectivity index (χ3v) is 5.97. The number of rotatable bonds is 4. The van der Waals surface area contributed by atoms with Crippen molar-refractivity contribution in [3.8, 4) is 0 Å². The van der Waals surface area contributed by atoms with Crippen molar-refractivity contribution >= 4 is 51.0 Å². The number of carbonyl (C=O) groups excluding carboxylic acids is 2. The maximum atomic E-state index is 12.2. The zero-order valence-corrected chi connectivity index (χ0v) is 16.0. The molecule has 2 aromatic heterocycles. The Bertz CT molecular complexity index is 973. The van der Waals surface area contributed by atoms with E-state index in [2.05, 4.69) is 29.1 Å². The predicted octanol–water partition coefficient (Wildman–Crippen LogP) is 4.17. The molecule has 0 spiro atoms. The molecule has 1 aromatic carbocycles. The number of nitrogens with one attached hydrogen (secondary N) is 1. The minimum absolute atomic E-state index is 0.0811. The second-order valence-electron chi connectivity index (χ2n) is 7.02. The van der Waals surface area contributed by atoms with Gasteiger partial charge in [0, 0.05) is 6.42 Å². The van der Waals surface area contributed by atoms with Crippen LogP contribution in [0.25, 0.3) is 11.1 Å². The normalized spacial score (nSPS) is 15.8. The fraction of sp³-hybridized carbons (Fsp3) is 0.333. The molecule has 1 aliphatic carbocycles. The minimum atomic E-state index is -0.199. The van der Waals surface area contributed by atoms with Gasteiger partial charge in [-0.2, -0.15) is 0 Å². The first-order chi connectivity index (χ1) is 12.4. The highest BCUT2D eigenvalue weighted by molar-refractivity contribution is 7.99. The summed E-state index contributed by atoms with van der Waals surface area (Å²) in [7, 11) is 0. The Labute approximate surface area is 158 Å². The Kier molecular flexibility index (Phi) is 4.32. The van der Waals surface area contributed by atoms with Gasteiger partial charge >= 0.3 is 0 Å². The predicted molar refractivity (Wildman–Crippen MR) is 102 cm³/mol. The first-order valence-electron chi connectivity index (χ1n) is 8.21. The Morgan fingerprint density at radius 2 is 2.12 bits per heavy atom. The van der Waals surface area contributed by atoms with Crippen LogP contribution in [0, 0.1) is 5.41 Å². The molecule has 0 unspecified atom stereocenters. The van der Waals surface area contributed by atoms with E-state index in [-0.39, 0.29) is 22.9 Å². The van der Waals surface area contributed by atoms with Crippen molar-refractivity contribution in [2.24, 2.45) is 5.41 Å². The fourth-order valence-electron chi connectivity index (χ4n) is 2.97. The zero-order chi connectivity index (χ0) is 18.3. The number of ketones is 1. The summed E-state index contributed by atoms with van der Waals surface area (Å²) in [4.78, 5) is 33.9. The van der Waals surface area contributed by atoms with Gasteiger partial charge in [0.25, 0.3) is 5.22 Å². The number of hydrogen-bond donors (Lipinski definition) is 1. The third-order valence-electron chi connectivity index (χ3n) is 4.08. The molecule has 0 aliphatic heterocycles. The van der Waals surface area contributed by atoms with Crippen molar-refractivity contribution in [1.82, 2.24) is 9.97 Å². The Hall–Kier alpha value is -2.19. The van der Waals surface area contributed by atoms with E-state index in [0.29, 0.717) is 27.2 Å². The molecule has 0 bridgehead atoms. The highest BCUT2D eigenvalue weighted by Gasteiger charge is 2.34. The number of thiazole rings is 1. The van der Waals surface area contributed by atoms with Crippen molar-refractivity contribution < 1.29 is 14.0 Å². The summed E-state index contributed by atoms with van der Waals surface area (Å²) >= 11 is 2.49. The first-order valence-corrected chi connectivity index (χ1v) is 10.0. The minimum Gasteiger partial charge on any atom is -0.431 e. The van der Waals surface area contributed by atoms with Gasteiger partial charge in [0.15, 0.2) is 16.5 Å². The lowest BCUT2D eigenvalue weighted by atomic mass is 9.78. The Balaban J connectivity index is 1.40. The molecule has 4 rings (SSSR count). The number of Topliss-reactive ketones (excluding diaryl/α,β-unsaturated/α-hetero) is 1. The van der Waals surface area contributed by atoms with Gasteiger partial charge in [-0.15, -0.1) is 0 Å². The molecule has 0 fully saturated rings. The lowest BCUT2D eigenvalue weighted by Gasteiger charge is -2.26. The summed E-state index contributed by atoms with van der Waals surface area (Å²) in [5, 5.41) is 3.71. The van der Waals surface area contributed by atoms with E-state index in [4.69, 9.17) is 4.42 Å². The number of anilines is 1. The van der Waals surface area contributed by atoms with Crippen LogP contribution in [-0.2, 0) is 11.2 Å². The van der Waals surface area contributed by atoms with Crippen molar-refractivity contribution in [1.29, 1.82) is 0 Å². The largest absolute Gasteiger partial charge is 0.431 e. The third kappa shape index (κ3) is 3.52. The smallest absolute Gasteiger partial charge is 0.257 e. The van der Waals surface area contributed by atoms with Crippen LogP contribution >= 0.6 is 23.1 Å². The number of fused-ring (bicyclic) bond motifs is 2. The van der Waals surface area contributed by atoms with Crippen molar-refractivity contribution in [3.05, 3.63) is 34.8 Å². The van der Waals surface area contributed by atoms with Gasteiger partial charge in [0.05, 0.1) is 16.3 Å². The SMILES string of the molecule is CC1(C)CC(=O)c2sc(NC(=O)CSc3nc4ccccc4o3)nc2C1. The number of oxazole rings is 1. The Morgan fingerprint density at radius 3 is 2.92 bits per heavy atom. The molecule has 2 heterocycles. The van der Waals surface area contributed by atoms with E-state index >= 15 is 0 Å². The van der Waals surface area contributed by atoms with Crippen LogP contribution in [0.1, 0.15) is 35.6 Å². The fourth-order valence-corrected chi connectivity index (χ4v) is 4.54. The molecule has 3 aromatic rings. The molecule has 0 saturated heterocycles. The molecular formula is C18H17N3O3S2. The van der Waals surface area contributed by atoms with Gasteiger partial charge in [-0.1, -0.05) is 49.1 Å². The lowest BCUT2D eigenvalue weighted by Crippen LogP contribution is -2.26. The second-order valence-corrected chi connectivity index (χ2v) is 8.95. The van der Waals surface area contributed by atoms with Crippen LogP contribution in [0.15, 0.2) is 33.9 Å². The summed E-state index contributed by atoms with van der Waals surface area (Å²) in [6.45, 7) is 4.12. The maximum Gasteiger partial charge on any atom is 0.257 e. The molecule has 26 heavy (non-hydrogen) atoms. The first kappa shape index (κ1) is 17.2. The number of benzene rings is 1. The summed E-state index contributed by atoms with van der Waals surface area (Å²) < 4.78 is 5.59. The Morgan fingerprint density at radius 1 is 1.31 bits per heavy atom. The number of amides is 1. The van der Waals surface area contributed by atoms with Crippen LogP contribution in [0.3, 0.4) is 0 Å². The summed E-state index contributed by atoms with van der Waals surface area (Å²) in [6, 6.07) is 7.47. The van der Waals surface area contributed by atoms with Gasteiger partial charge in [-0.05, 0) is 24.0 Å². The van der Waals surface area contributed by atoms with Gasteiger partial charge in [-0.3, -0.25) is 9.59 Å². The molecule has 0 saturated carbocycles. The number of aromatic nitrogens is 2. The van der Waals surface area contributed by atoms with Crippen LogP contribution in [-0.4, -0.2) is 27.4 Å². The summed E-state index contributed by atoms with van der Waals surface area (Å²) in [5.74, 6) is 0.0708. The molecular weight excluding hydrogens is 370 g/mol. The molecule has 1 amide bonds. The van der Waals surface area contributed by atoms with Crippen LogP contribution in [0.5, 0.6) is 0 Å². The van der Waals surface area contributed by atoms with Gasteiger partial charge in [0.2, 0.25) is 5.91 Å². The number of nitrogens with zero attached hydrogens (tertiary/aromatic N) is 2. The number of hydrogen-bond acceptors (Lipinski definition) is 7. The lowest BCUT2D eigenvalue weighted by molar-refractivity contribution is -0.113. The highest BCUT2D eigenvalue weighted by Crippen LogP contribution is 2.38. The topological polar surface area (TPSA) is 85.1 Å². The van der Waals surface area contributed by atoms with Crippen LogP contribution in [0.4, 0.5) is 5.13 Å². The number of thioether (sulfide) groups is 1. The molecule has 1 N–H and O–H groups in total. The quantitative estimate of drug-likeness (QED) is 0.676. The number of para-hydroxylation sites is 2. The zero-order valence-electron chi connectivity index (χ0n) is 14.4. The molecule has 0 radical (unpaired) electrons. The van der Waals surface area contributed by atoms with Crippen LogP contribution < -0.4 is 5.32 Å². The van der Waals surface area contributed by atoms with Crippen molar-refractivity contribution in [3.63, 3.8) is 0 Å². The summed E-state index contributed by atoms with van der Waals surface area (Å²) in [5.41, 5.74) is 2.17. The molecule has 0 atom stereocenters. The second kappa shape index (κ2) is 6.51. The standard InChI is InChI=1S/C18H17N3O3S2/c1-18(2)7-11-15(12(22)8-18)26-16(19-11)21-14(23)9-25-17-20-10-5-3-4-6-13(10)24-17/h3-6H,7-9H2,1-2H3,(H,19,21,23). The van der Waals surface area contributed by atoms with E-state index < -0.39 is 0 Å². The molecule has 6 nitrogen and oxygen atoms in total.